The van der Waals surface area contributed by atoms with Crippen LogP contribution < -0.4 is 5.32 Å². The summed E-state index contributed by atoms with van der Waals surface area (Å²) in [6.45, 7) is 4.14. The largest absolute Gasteiger partial charge is 0.381 e. The second-order valence-corrected chi connectivity index (χ2v) is 5.62. The van der Waals surface area contributed by atoms with Gasteiger partial charge in [-0.15, -0.1) is 0 Å². The van der Waals surface area contributed by atoms with Crippen molar-refractivity contribution in [3.8, 4) is 0 Å². The molecule has 2 rings (SSSR count). The van der Waals surface area contributed by atoms with E-state index in [4.69, 9.17) is 0 Å². The predicted octanol–water partition coefficient (Wildman–Crippen LogP) is 3.44. The summed E-state index contributed by atoms with van der Waals surface area (Å²) in [7, 11) is 0. The normalized spacial score (nSPS) is 25.5. The topological polar surface area (TPSA) is 12.0 Å². The number of aryl methyl sites for hydroxylation is 1. The van der Waals surface area contributed by atoms with Gasteiger partial charge in [0.1, 0.15) is 5.82 Å². The summed E-state index contributed by atoms with van der Waals surface area (Å²) in [6.07, 6.45) is 1.17. The Morgan fingerprint density at radius 3 is 2.80 bits per heavy atom. The highest BCUT2D eigenvalue weighted by Crippen LogP contribution is 2.29. The first-order valence-corrected chi connectivity index (χ1v) is 6.35. The van der Waals surface area contributed by atoms with Gasteiger partial charge in [0.2, 0.25) is 0 Å². The van der Waals surface area contributed by atoms with E-state index >= 15 is 0 Å². The first kappa shape index (κ1) is 10.8. The molecule has 0 aromatic heterocycles. The minimum Gasteiger partial charge on any atom is -0.381 e. The molecule has 82 valence electrons. The number of anilines is 1. The van der Waals surface area contributed by atoms with Crippen LogP contribution in [-0.4, -0.2) is 17.0 Å². The zero-order valence-electron chi connectivity index (χ0n) is 9.09. The summed E-state index contributed by atoms with van der Waals surface area (Å²) in [5, 5.41) is 4.03. The van der Waals surface area contributed by atoms with Gasteiger partial charge in [0.25, 0.3) is 0 Å². The Morgan fingerprint density at radius 2 is 2.20 bits per heavy atom. The number of thioether (sulfide) groups is 1. The summed E-state index contributed by atoms with van der Waals surface area (Å²) < 4.78 is 13.2. The van der Waals surface area contributed by atoms with E-state index in [-0.39, 0.29) is 5.82 Å². The molecule has 0 amide bonds. The third kappa shape index (κ3) is 2.65. The molecule has 1 nitrogen and oxygen atoms in total. The number of nitrogens with one attached hydrogen (secondary N) is 1. The first-order valence-electron chi connectivity index (χ1n) is 5.30. The Bertz CT molecular complexity index is 333. The van der Waals surface area contributed by atoms with Crippen molar-refractivity contribution in [3.05, 3.63) is 29.6 Å². The van der Waals surface area contributed by atoms with Gasteiger partial charge in [-0.3, -0.25) is 0 Å². The Morgan fingerprint density at radius 1 is 1.40 bits per heavy atom. The van der Waals surface area contributed by atoms with E-state index in [0.29, 0.717) is 11.3 Å². The lowest BCUT2D eigenvalue weighted by Crippen LogP contribution is -2.24. The fourth-order valence-corrected chi connectivity index (χ4v) is 3.15. The quantitative estimate of drug-likeness (QED) is 0.827. The van der Waals surface area contributed by atoms with E-state index < -0.39 is 0 Å². The molecule has 1 fully saturated rings. The maximum Gasteiger partial charge on any atom is 0.125 e. The predicted molar refractivity (Wildman–Crippen MR) is 65.1 cm³/mol. The first-order chi connectivity index (χ1) is 7.15. The lowest BCUT2D eigenvalue weighted by molar-refractivity contribution is 0.626. The molecule has 1 heterocycles. The number of hydrogen-bond acceptors (Lipinski definition) is 2. The van der Waals surface area contributed by atoms with Crippen LogP contribution >= 0.6 is 11.8 Å². The van der Waals surface area contributed by atoms with Crippen LogP contribution in [0.1, 0.15) is 18.9 Å². The minimum absolute atomic E-state index is 0.157. The SMILES string of the molecule is Cc1cc(F)cc(NC2CCSC2C)c1. The number of benzene rings is 1. The van der Waals surface area contributed by atoms with Crippen molar-refractivity contribution < 1.29 is 4.39 Å². The van der Waals surface area contributed by atoms with E-state index in [9.17, 15) is 4.39 Å². The van der Waals surface area contributed by atoms with Gasteiger partial charge in [-0.2, -0.15) is 11.8 Å². The molecule has 1 N–H and O–H groups in total. The number of rotatable bonds is 2. The summed E-state index contributed by atoms with van der Waals surface area (Å²) in [4.78, 5) is 0. The summed E-state index contributed by atoms with van der Waals surface area (Å²) in [6, 6.07) is 5.61. The van der Waals surface area contributed by atoms with Crippen molar-refractivity contribution in [3.63, 3.8) is 0 Å². The minimum atomic E-state index is -0.157. The van der Waals surface area contributed by atoms with Gasteiger partial charge in [-0.1, -0.05) is 6.92 Å². The highest BCUT2D eigenvalue weighted by molar-refractivity contribution is 8.00. The molecule has 1 aliphatic heterocycles. The second-order valence-electron chi connectivity index (χ2n) is 4.13. The van der Waals surface area contributed by atoms with E-state index in [0.717, 1.165) is 11.3 Å². The van der Waals surface area contributed by atoms with Crippen LogP contribution in [0.2, 0.25) is 0 Å². The maximum atomic E-state index is 13.2. The molecule has 0 saturated carbocycles. The molecule has 15 heavy (non-hydrogen) atoms. The molecule has 0 bridgehead atoms. The smallest absolute Gasteiger partial charge is 0.125 e. The molecular formula is C12H16FNS. The average molecular weight is 225 g/mol. The van der Waals surface area contributed by atoms with Gasteiger partial charge in [-0.05, 0) is 42.9 Å². The number of halogens is 1. The molecule has 0 aliphatic carbocycles. The zero-order chi connectivity index (χ0) is 10.8. The second kappa shape index (κ2) is 4.44. The Balaban J connectivity index is 2.10. The lowest BCUT2D eigenvalue weighted by atomic mass is 10.1. The maximum absolute atomic E-state index is 13.2. The monoisotopic (exact) mass is 225 g/mol. The third-order valence-electron chi connectivity index (χ3n) is 2.77. The van der Waals surface area contributed by atoms with Crippen molar-refractivity contribution in [1.29, 1.82) is 0 Å². The van der Waals surface area contributed by atoms with Gasteiger partial charge in [0.05, 0.1) is 0 Å². The van der Waals surface area contributed by atoms with Gasteiger partial charge in [0.15, 0.2) is 0 Å². The standard InChI is InChI=1S/C12H16FNS/c1-8-5-10(13)7-11(6-8)14-12-3-4-15-9(12)2/h5-7,9,12,14H,3-4H2,1-2H3. The van der Waals surface area contributed by atoms with E-state index in [2.05, 4.69) is 12.2 Å². The molecular weight excluding hydrogens is 209 g/mol. The van der Waals surface area contributed by atoms with Crippen molar-refractivity contribution >= 4 is 17.4 Å². The van der Waals surface area contributed by atoms with Crippen LogP contribution in [0.4, 0.5) is 10.1 Å². The van der Waals surface area contributed by atoms with Gasteiger partial charge < -0.3 is 5.32 Å². The van der Waals surface area contributed by atoms with Gasteiger partial charge >= 0.3 is 0 Å². The van der Waals surface area contributed by atoms with Crippen LogP contribution in [0.3, 0.4) is 0 Å². The van der Waals surface area contributed by atoms with Crippen LogP contribution in [0.15, 0.2) is 18.2 Å². The Labute approximate surface area is 94.5 Å². The molecule has 2 atom stereocenters. The van der Waals surface area contributed by atoms with Crippen molar-refractivity contribution in [2.24, 2.45) is 0 Å². The highest BCUT2D eigenvalue weighted by atomic mass is 32.2. The van der Waals surface area contributed by atoms with Crippen LogP contribution in [0.5, 0.6) is 0 Å². The average Bonchev–Trinajstić information content (AvgIpc) is 2.50. The zero-order valence-corrected chi connectivity index (χ0v) is 9.90. The molecule has 1 aromatic rings. The highest BCUT2D eigenvalue weighted by Gasteiger charge is 2.23. The van der Waals surface area contributed by atoms with Crippen molar-refractivity contribution in [1.82, 2.24) is 0 Å². The third-order valence-corrected chi connectivity index (χ3v) is 4.10. The molecule has 0 spiro atoms. The molecule has 1 saturated heterocycles. The molecule has 1 aliphatic rings. The van der Waals surface area contributed by atoms with Crippen molar-refractivity contribution in [2.45, 2.75) is 31.6 Å². The summed E-state index contributed by atoms with van der Waals surface area (Å²) in [5.74, 6) is 1.04. The Hall–Kier alpha value is -0.700. The van der Waals surface area contributed by atoms with E-state index in [1.54, 1.807) is 12.1 Å². The summed E-state index contributed by atoms with van der Waals surface area (Å²) >= 11 is 1.98. The van der Waals surface area contributed by atoms with Gasteiger partial charge in [0, 0.05) is 17.0 Å². The molecule has 0 radical (unpaired) electrons. The molecule has 1 aromatic carbocycles. The van der Waals surface area contributed by atoms with Gasteiger partial charge in [-0.25, -0.2) is 4.39 Å². The molecule has 2 unspecified atom stereocenters. The lowest BCUT2D eigenvalue weighted by Gasteiger charge is -2.18. The van der Waals surface area contributed by atoms with Crippen LogP contribution in [-0.2, 0) is 0 Å². The fourth-order valence-electron chi connectivity index (χ4n) is 1.96. The van der Waals surface area contributed by atoms with E-state index in [1.165, 1.54) is 12.2 Å². The molecule has 3 heteroatoms. The summed E-state index contributed by atoms with van der Waals surface area (Å²) in [5.41, 5.74) is 1.88. The fraction of sp³-hybridized carbons (Fsp3) is 0.500. The van der Waals surface area contributed by atoms with Crippen LogP contribution in [0, 0.1) is 12.7 Å². The number of hydrogen-bond donors (Lipinski definition) is 1. The van der Waals surface area contributed by atoms with E-state index in [1.807, 2.05) is 24.8 Å². The van der Waals surface area contributed by atoms with Crippen molar-refractivity contribution in [2.75, 3.05) is 11.1 Å². The van der Waals surface area contributed by atoms with Crippen LogP contribution in [0.25, 0.3) is 0 Å². The Kier molecular flexibility index (Phi) is 3.19.